The van der Waals surface area contributed by atoms with Gasteiger partial charge in [-0.3, -0.25) is 9.78 Å². The summed E-state index contributed by atoms with van der Waals surface area (Å²) >= 11 is 1.13. The highest BCUT2D eigenvalue weighted by Gasteiger charge is 2.35. The third-order valence-electron chi connectivity index (χ3n) is 5.89. The maximum Gasteiger partial charge on any atom is 0.267 e. The molecule has 1 amide bonds. The summed E-state index contributed by atoms with van der Waals surface area (Å²) in [4.78, 5) is 23.9. The molecule has 1 saturated heterocycles. The zero-order chi connectivity index (χ0) is 21.4. The van der Waals surface area contributed by atoms with E-state index in [2.05, 4.69) is 14.6 Å². The lowest BCUT2D eigenvalue weighted by atomic mass is 9.91. The van der Waals surface area contributed by atoms with Gasteiger partial charge in [-0.15, -0.1) is 5.10 Å². The molecule has 0 atom stereocenters. The number of aliphatic hydroxyl groups is 1. The quantitative estimate of drug-likeness (QED) is 0.530. The second-order valence-electron chi connectivity index (χ2n) is 7.98. The molecule has 1 fully saturated rings. The molecule has 1 N–H and O–H groups in total. The molecule has 0 spiro atoms. The largest absolute Gasteiger partial charge is 0.388 e. The van der Waals surface area contributed by atoms with Gasteiger partial charge < -0.3 is 14.6 Å². The Bertz CT molecular complexity index is 1230. The molecule has 0 aliphatic carbocycles. The molecule has 8 nitrogen and oxygen atoms in total. The molecule has 0 saturated carbocycles. The van der Waals surface area contributed by atoms with Gasteiger partial charge in [0, 0.05) is 37.2 Å². The van der Waals surface area contributed by atoms with Gasteiger partial charge in [0.15, 0.2) is 0 Å². The second-order valence-corrected chi connectivity index (χ2v) is 8.74. The van der Waals surface area contributed by atoms with Crippen LogP contribution in [0.3, 0.4) is 0 Å². The predicted molar refractivity (Wildman–Crippen MR) is 118 cm³/mol. The summed E-state index contributed by atoms with van der Waals surface area (Å²) in [7, 11) is 0. The number of hydrogen-bond donors (Lipinski definition) is 1. The van der Waals surface area contributed by atoms with E-state index < -0.39 is 5.60 Å². The van der Waals surface area contributed by atoms with E-state index in [-0.39, 0.29) is 5.91 Å². The molecule has 5 rings (SSSR count). The number of aromatic nitrogens is 5. The van der Waals surface area contributed by atoms with E-state index in [1.165, 1.54) is 0 Å². The van der Waals surface area contributed by atoms with Crippen molar-refractivity contribution in [3.05, 3.63) is 59.5 Å². The van der Waals surface area contributed by atoms with Crippen LogP contribution in [0.5, 0.6) is 0 Å². The minimum Gasteiger partial charge on any atom is -0.388 e. The van der Waals surface area contributed by atoms with Gasteiger partial charge in [-0.05, 0) is 61.6 Å². The van der Waals surface area contributed by atoms with E-state index in [1.807, 2.05) is 41.1 Å². The van der Waals surface area contributed by atoms with Crippen LogP contribution in [0.1, 0.15) is 28.2 Å². The molecule has 0 unspecified atom stereocenters. The van der Waals surface area contributed by atoms with Crippen molar-refractivity contribution in [2.24, 2.45) is 0 Å². The number of nitrogens with zero attached hydrogens (tertiary/aromatic N) is 6. The van der Waals surface area contributed by atoms with Crippen LogP contribution in [0, 0.1) is 6.92 Å². The average Bonchev–Trinajstić information content (AvgIpc) is 3.40. The summed E-state index contributed by atoms with van der Waals surface area (Å²) in [5.41, 5.74) is 3.58. The Morgan fingerprint density at radius 2 is 1.94 bits per heavy atom. The highest BCUT2D eigenvalue weighted by Crippen LogP contribution is 2.28. The topological polar surface area (TPSA) is 97.0 Å². The third kappa shape index (κ3) is 3.82. The van der Waals surface area contributed by atoms with Crippen LogP contribution in [0.15, 0.2) is 48.9 Å². The zero-order valence-electron chi connectivity index (χ0n) is 17.1. The van der Waals surface area contributed by atoms with E-state index in [0.717, 1.165) is 33.8 Å². The molecular weight excluding hydrogens is 412 g/mol. The first-order valence-electron chi connectivity index (χ1n) is 10.2. The van der Waals surface area contributed by atoms with Crippen molar-refractivity contribution in [2.45, 2.75) is 31.9 Å². The van der Waals surface area contributed by atoms with Crippen molar-refractivity contribution in [1.29, 1.82) is 0 Å². The number of carbonyl (C=O) groups is 1. The summed E-state index contributed by atoms with van der Waals surface area (Å²) in [6.45, 7) is 3.28. The predicted octanol–water partition coefficient (Wildman–Crippen LogP) is 2.93. The van der Waals surface area contributed by atoms with E-state index in [1.54, 1.807) is 24.2 Å². The molecule has 0 bridgehead atoms. The van der Waals surface area contributed by atoms with Gasteiger partial charge >= 0.3 is 0 Å². The summed E-state index contributed by atoms with van der Waals surface area (Å²) in [5, 5.41) is 15.1. The molecule has 1 aliphatic rings. The van der Waals surface area contributed by atoms with Crippen LogP contribution in [0.2, 0.25) is 0 Å². The Morgan fingerprint density at radius 3 is 2.65 bits per heavy atom. The van der Waals surface area contributed by atoms with Crippen molar-refractivity contribution in [3.8, 4) is 11.3 Å². The molecule has 5 heterocycles. The minimum absolute atomic E-state index is 0.0474. The van der Waals surface area contributed by atoms with E-state index >= 15 is 0 Å². The monoisotopic (exact) mass is 434 g/mol. The Hall–Kier alpha value is -3.17. The highest BCUT2D eigenvalue weighted by atomic mass is 32.1. The molecule has 0 aromatic carbocycles. The van der Waals surface area contributed by atoms with Gasteiger partial charge in [0.05, 0.1) is 34.6 Å². The van der Waals surface area contributed by atoms with E-state index in [9.17, 15) is 9.90 Å². The fraction of sp³-hybridized carbons (Fsp3) is 0.318. The Morgan fingerprint density at radius 1 is 1.16 bits per heavy atom. The van der Waals surface area contributed by atoms with Crippen LogP contribution in [0.4, 0.5) is 0 Å². The number of hydrogen-bond acceptors (Lipinski definition) is 7. The first kappa shape index (κ1) is 19.8. The lowest BCUT2D eigenvalue weighted by Crippen LogP contribution is -2.48. The Kier molecular flexibility index (Phi) is 4.99. The van der Waals surface area contributed by atoms with Gasteiger partial charge in [0.2, 0.25) is 0 Å². The van der Waals surface area contributed by atoms with Gasteiger partial charge in [-0.1, -0.05) is 4.49 Å². The van der Waals surface area contributed by atoms with Crippen LogP contribution in [0.25, 0.3) is 22.3 Å². The summed E-state index contributed by atoms with van der Waals surface area (Å²) in [5.74, 6) is -0.0474. The standard InChI is InChI=1S/C22H22N6O2S/c1-15-20(31-26-25-15)21(29)27-12-7-22(30,8-13-27)14-28-11-6-18-19(28)3-2-17(24-18)16-4-9-23-10-5-16/h2-6,9-11,30H,7-8,12-14H2,1H3. The summed E-state index contributed by atoms with van der Waals surface area (Å²) in [6, 6.07) is 9.88. The first-order valence-corrected chi connectivity index (χ1v) is 11.0. The number of aryl methyl sites for hydroxylation is 1. The zero-order valence-corrected chi connectivity index (χ0v) is 17.9. The number of fused-ring (bicyclic) bond motifs is 1. The van der Waals surface area contributed by atoms with Crippen LogP contribution in [-0.4, -0.2) is 58.7 Å². The molecule has 4 aromatic rings. The number of likely N-dealkylation sites (tertiary alicyclic amines) is 1. The fourth-order valence-corrected chi connectivity index (χ4v) is 4.69. The smallest absolute Gasteiger partial charge is 0.267 e. The van der Waals surface area contributed by atoms with Crippen molar-refractivity contribution in [3.63, 3.8) is 0 Å². The maximum atomic E-state index is 12.7. The molecule has 158 valence electrons. The normalized spacial score (nSPS) is 16.0. The molecule has 9 heteroatoms. The molecule has 4 aromatic heterocycles. The van der Waals surface area contributed by atoms with Crippen molar-refractivity contribution < 1.29 is 9.90 Å². The number of amides is 1. The van der Waals surface area contributed by atoms with E-state index in [0.29, 0.717) is 43.0 Å². The SMILES string of the molecule is Cc1nnsc1C(=O)N1CCC(O)(Cn2ccc3nc(-c4ccncc4)ccc32)CC1. The maximum absolute atomic E-state index is 12.7. The van der Waals surface area contributed by atoms with Crippen molar-refractivity contribution >= 4 is 28.5 Å². The summed E-state index contributed by atoms with van der Waals surface area (Å²) < 4.78 is 5.90. The summed E-state index contributed by atoms with van der Waals surface area (Å²) in [6.07, 6.45) is 6.52. The van der Waals surface area contributed by atoms with Crippen LogP contribution in [-0.2, 0) is 6.54 Å². The lowest BCUT2D eigenvalue weighted by molar-refractivity contribution is -0.0283. The van der Waals surface area contributed by atoms with Crippen LogP contribution < -0.4 is 0 Å². The third-order valence-corrected chi connectivity index (χ3v) is 6.71. The Balaban J connectivity index is 1.30. The molecule has 1 aliphatic heterocycles. The van der Waals surface area contributed by atoms with Crippen molar-refractivity contribution in [1.82, 2.24) is 29.0 Å². The minimum atomic E-state index is -0.868. The molecule has 0 radical (unpaired) electrons. The van der Waals surface area contributed by atoms with Gasteiger partial charge in [0.1, 0.15) is 4.88 Å². The van der Waals surface area contributed by atoms with Gasteiger partial charge in [-0.2, -0.15) is 0 Å². The fourth-order valence-electron chi connectivity index (χ4n) is 4.07. The molecular formula is C22H22N6O2S. The van der Waals surface area contributed by atoms with Gasteiger partial charge in [0.25, 0.3) is 5.91 Å². The number of rotatable bonds is 4. The number of carbonyl (C=O) groups excluding carboxylic acids is 1. The van der Waals surface area contributed by atoms with E-state index in [4.69, 9.17) is 4.98 Å². The Labute approximate surface area is 183 Å². The van der Waals surface area contributed by atoms with Crippen molar-refractivity contribution in [2.75, 3.05) is 13.1 Å². The first-order chi connectivity index (χ1) is 15.0. The number of pyridine rings is 2. The van der Waals surface area contributed by atoms with Gasteiger partial charge in [-0.25, -0.2) is 4.98 Å². The highest BCUT2D eigenvalue weighted by molar-refractivity contribution is 7.07. The average molecular weight is 435 g/mol. The second kappa shape index (κ2) is 7.82. The number of piperidine rings is 1. The molecule has 31 heavy (non-hydrogen) atoms. The lowest BCUT2D eigenvalue weighted by Gasteiger charge is -2.38. The van der Waals surface area contributed by atoms with Crippen LogP contribution >= 0.6 is 11.5 Å².